The van der Waals surface area contributed by atoms with E-state index in [2.05, 4.69) is 28.0 Å². The van der Waals surface area contributed by atoms with E-state index >= 15 is 0 Å². The highest BCUT2D eigenvalue weighted by atomic mass is 16.5. The molecule has 1 aliphatic rings. The van der Waals surface area contributed by atoms with Gasteiger partial charge in [0.1, 0.15) is 5.82 Å². The molecule has 2 unspecified atom stereocenters. The molecule has 0 aliphatic heterocycles. The van der Waals surface area contributed by atoms with Gasteiger partial charge in [-0.25, -0.2) is 4.98 Å². The molecule has 1 aliphatic carbocycles. The van der Waals surface area contributed by atoms with Crippen LogP contribution in [0.25, 0.3) is 0 Å². The van der Waals surface area contributed by atoms with Crippen molar-refractivity contribution in [1.29, 1.82) is 0 Å². The van der Waals surface area contributed by atoms with Crippen molar-refractivity contribution < 1.29 is 4.74 Å². The van der Waals surface area contributed by atoms with Crippen LogP contribution in [-0.4, -0.2) is 29.3 Å². The molecule has 0 bridgehead atoms. The minimum Gasteiger partial charge on any atom is -0.381 e. The maximum Gasteiger partial charge on any atom is 0.122 e. The smallest absolute Gasteiger partial charge is 0.122 e. The van der Waals surface area contributed by atoms with Gasteiger partial charge in [0, 0.05) is 25.5 Å². The van der Waals surface area contributed by atoms with Gasteiger partial charge < -0.3 is 14.6 Å². The van der Waals surface area contributed by atoms with Gasteiger partial charge in [0.25, 0.3) is 0 Å². The summed E-state index contributed by atoms with van der Waals surface area (Å²) in [7, 11) is 1.82. The largest absolute Gasteiger partial charge is 0.381 e. The zero-order chi connectivity index (χ0) is 12.8. The SMILES string of the molecule is CCCNCc1nccn1C1CCCC(OC)C1. The molecule has 2 atom stereocenters. The lowest BCUT2D eigenvalue weighted by molar-refractivity contribution is 0.0525. The summed E-state index contributed by atoms with van der Waals surface area (Å²) in [5.41, 5.74) is 0. The Labute approximate surface area is 110 Å². The summed E-state index contributed by atoms with van der Waals surface area (Å²) < 4.78 is 7.85. The van der Waals surface area contributed by atoms with E-state index in [9.17, 15) is 0 Å². The Balaban J connectivity index is 1.97. The minimum absolute atomic E-state index is 0.419. The Kier molecular flexibility index (Phi) is 5.20. The summed E-state index contributed by atoms with van der Waals surface area (Å²) in [5.74, 6) is 1.16. The van der Waals surface area contributed by atoms with Gasteiger partial charge in [-0.2, -0.15) is 0 Å². The monoisotopic (exact) mass is 251 g/mol. The van der Waals surface area contributed by atoms with Crippen molar-refractivity contribution in [3.05, 3.63) is 18.2 Å². The predicted molar refractivity (Wildman–Crippen MR) is 72.5 cm³/mol. The van der Waals surface area contributed by atoms with Crippen molar-refractivity contribution in [3.63, 3.8) is 0 Å². The molecule has 1 aromatic heterocycles. The third-order valence-electron chi connectivity index (χ3n) is 3.78. The zero-order valence-electron chi connectivity index (χ0n) is 11.6. The average molecular weight is 251 g/mol. The van der Waals surface area contributed by atoms with Crippen molar-refractivity contribution in [2.24, 2.45) is 0 Å². The van der Waals surface area contributed by atoms with Gasteiger partial charge in [0.15, 0.2) is 0 Å². The first-order valence-corrected chi connectivity index (χ1v) is 7.10. The highest BCUT2D eigenvalue weighted by molar-refractivity contribution is 4.96. The van der Waals surface area contributed by atoms with Gasteiger partial charge in [-0.1, -0.05) is 6.92 Å². The third kappa shape index (κ3) is 3.33. The van der Waals surface area contributed by atoms with E-state index in [0.29, 0.717) is 12.1 Å². The maximum absolute atomic E-state index is 5.51. The van der Waals surface area contributed by atoms with Gasteiger partial charge in [0.05, 0.1) is 12.6 Å². The van der Waals surface area contributed by atoms with Crippen LogP contribution in [0.2, 0.25) is 0 Å². The first kappa shape index (κ1) is 13.6. The zero-order valence-corrected chi connectivity index (χ0v) is 11.6. The summed E-state index contributed by atoms with van der Waals surface area (Å²) in [6, 6.07) is 0.560. The molecule has 1 saturated carbocycles. The summed E-state index contributed by atoms with van der Waals surface area (Å²) >= 11 is 0. The fourth-order valence-corrected chi connectivity index (χ4v) is 2.78. The maximum atomic E-state index is 5.51. The lowest BCUT2D eigenvalue weighted by Gasteiger charge is -2.30. The topological polar surface area (TPSA) is 39.1 Å². The Bertz CT molecular complexity index is 351. The molecule has 1 aromatic rings. The van der Waals surface area contributed by atoms with E-state index in [1.807, 2.05) is 13.3 Å². The van der Waals surface area contributed by atoms with Crippen LogP contribution in [0.1, 0.15) is 50.9 Å². The van der Waals surface area contributed by atoms with Crippen LogP contribution < -0.4 is 5.32 Å². The molecule has 0 radical (unpaired) electrons. The number of rotatable bonds is 6. The Morgan fingerprint density at radius 2 is 2.39 bits per heavy atom. The van der Waals surface area contributed by atoms with E-state index in [0.717, 1.165) is 31.8 Å². The molecule has 4 heteroatoms. The summed E-state index contributed by atoms with van der Waals surface area (Å²) in [4.78, 5) is 4.47. The lowest BCUT2D eigenvalue weighted by Crippen LogP contribution is -2.26. The lowest BCUT2D eigenvalue weighted by atomic mass is 9.92. The molecule has 1 fully saturated rings. The molecule has 0 aromatic carbocycles. The summed E-state index contributed by atoms with van der Waals surface area (Å²) in [6.07, 6.45) is 10.4. The van der Waals surface area contributed by atoms with Crippen molar-refractivity contribution in [2.75, 3.05) is 13.7 Å². The second-order valence-corrected chi connectivity index (χ2v) is 5.11. The van der Waals surface area contributed by atoms with Gasteiger partial charge in [0.2, 0.25) is 0 Å². The number of nitrogens with zero attached hydrogens (tertiary/aromatic N) is 2. The first-order chi connectivity index (χ1) is 8.85. The van der Waals surface area contributed by atoms with Crippen molar-refractivity contribution in [1.82, 2.24) is 14.9 Å². The van der Waals surface area contributed by atoms with Gasteiger partial charge in [-0.05, 0) is 38.6 Å². The van der Waals surface area contributed by atoms with E-state index in [1.165, 1.54) is 19.3 Å². The fraction of sp³-hybridized carbons (Fsp3) is 0.786. The van der Waals surface area contributed by atoms with E-state index in [-0.39, 0.29) is 0 Å². The second kappa shape index (κ2) is 6.90. The average Bonchev–Trinajstić information content (AvgIpc) is 2.87. The fourth-order valence-electron chi connectivity index (χ4n) is 2.78. The molecule has 18 heavy (non-hydrogen) atoms. The third-order valence-corrected chi connectivity index (χ3v) is 3.78. The van der Waals surface area contributed by atoms with Crippen molar-refractivity contribution in [3.8, 4) is 0 Å². The molecule has 2 rings (SSSR count). The predicted octanol–water partition coefficient (Wildman–Crippen LogP) is 2.51. The number of hydrogen-bond donors (Lipinski definition) is 1. The number of aromatic nitrogens is 2. The quantitative estimate of drug-likeness (QED) is 0.790. The molecule has 1 N–H and O–H groups in total. The van der Waals surface area contributed by atoms with Gasteiger partial charge >= 0.3 is 0 Å². The molecule has 1 heterocycles. The van der Waals surface area contributed by atoms with Crippen LogP contribution in [0.4, 0.5) is 0 Å². The van der Waals surface area contributed by atoms with Crippen LogP contribution in [-0.2, 0) is 11.3 Å². The standard InChI is InChI=1S/C14H25N3O/c1-3-7-15-11-14-16-8-9-17(14)12-5-4-6-13(10-12)18-2/h8-9,12-13,15H,3-7,10-11H2,1-2H3. The van der Waals surface area contributed by atoms with Crippen molar-refractivity contribution >= 4 is 0 Å². The second-order valence-electron chi connectivity index (χ2n) is 5.11. The molecular weight excluding hydrogens is 226 g/mol. The number of imidazole rings is 1. The summed E-state index contributed by atoms with van der Waals surface area (Å²) in [5, 5.41) is 3.43. The van der Waals surface area contributed by atoms with Gasteiger partial charge in [-0.15, -0.1) is 0 Å². The van der Waals surface area contributed by atoms with Crippen LogP contribution >= 0.6 is 0 Å². The van der Waals surface area contributed by atoms with Crippen molar-refractivity contribution in [2.45, 2.75) is 57.7 Å². The molecule has 0 spiro atoms. The number of hydrogen-bond acceptors (Lipinski definition) is 3. The number of nitrogens with one attached hydrogen (secondary N) is 1. The Hall–Kier alpha value is -0.870. The summed E-state index contributed by atoms with van der Waals surface area (Å²) in [6.45, 7) is 4.11. The number of ether oxygens (including phenoxy) is 1. The van der Waals surface area contributed by atoms with E-state index in [4.69, 9.17) is 4.74 Å². The van der Waals surface area contributed by atoms with E-state index < -0.39 is 0 Å². The molecule has 4 nitrogen and oxygen atoms in total. The van der Waals surface area contributed by atoms with Crippen LogP contribution in [0.5, 0.6) is 0 Å². The van der Waals surface area contributed by atoms with Crippen LogP contribution in [0.3, 0.4) is 0 Å². The first-order valence-electron chi connectivity index (χ1n) is 7.10. The highest BCUT2D eigenvalue weighted by Gasteiger charge is 2.24. The molecule has 102 valence electrons. The van der Waals surface area contributed by atoms with E-state index in [1.54, 1.807) is 0 Å². The highest BCUT2D eigenvalue weighted by Crippen LogP contribution is 2.30. The number of methoxy groups -OCH3 is 1. The van der Waals surface area contributed by atoms with Gasteiger partial charge in [-0.3, -0.25) is 0 Å². The normalized spacial score (nSPS) is 24.3. The molecule has 0 amide bonds. The minimum atomic E-state index is 0.419. The molecular formula is C14H25N3O. The Morgan fingerprint density at radius 1 is 1.50 bits per heavy atom. The van der Waals surface area contributed by atoms with Crippen LogP contribution in [0.15, 0.2) is 12.4 Å². The Morgan fingerprint density at radius 3 is 3.17 bits per heavy atom. The van der Waals surface area contributed by atoms with Crippen LogP contribution in [0, 0.1) is 0 Å². The molecule has 0 saturated heterocycles.